The van der Waals surface area contributed by atoms with Gasteiger partial charge in [-0.3, -0.25) is 0 Å². The molecule has 0 bridgehead atoms. The normalized spacial score (nSPS) is 31.8. The first kappa shape index (κ1) is 14.1. The zero-order valence-electron chi connectivity index (χ0n) is 11.4. The smallest absolute Gasteiger partial charge is 0.332 e. The van der Waals surface area contributed by atoms with Crippen LogP contribution in [-0.2, 0) is 9.53 Å². The predicted octanol–water partition coefficient (Wildman–Crippen LogP) is 0.964. The Labute approximate surface area is 112 Å². The fourth-order valence-electron chi connectivity index (χ4n) is 2.45. The largest absolute Gasteiger partial charge is 0.479 e. The number of carboxylic acid groups (broad SMARTS) is 1. The molecule has 2 fully saturated rings. The molecule has 1 aliphatic carbocycles. The Hall–Kier alpha value is -1.30. The molecule has 1 heterocycles. The number of amides is 2. The van der Waals surface area contributed by atoms with Crippen LogP contribution >= 0.6 is 0 Å². The average Bonchev–Trinajstić information content (AvgIpc) is 2.78. The quantitative estimate of drug-likeness (QED) is 0.694. The van der Waals surface area contributed by atoms with Gasteiger partial charge in [-0.05, 0) is 30.6 Å². The van der Waals surface area contributed by atoms with Crippen LogP contribution in [0, 0.1) is 11.3 Å². The summed E-state index contributed by atoms with van der Waals surface area (Å²) in [5.41, 5.74) is 0.358. The zero-order valence-corrected chi connectivity index (χ0v) is 11.4. The molecule has 0 radical (unpaired) electrons. The molecule has 1 saturated carbocycles. The van der Waals surface area contributed by atoms with E-state index in [0.29, 0.717) is 37.3 Å². The molecule has 19 heavy (non-hydrogen) atoms. The molecule has 0 aromatic carbocycles. The number of aliphatic carboxylic acids is 1. The molecule has 2 rings (SSSR count). The summed E-state index contributed by atoms with van der Waals surface area (Å²) in [6.45, 7) is 5.44. The number of carbonyl (C=O) groups is 2. The Bertz CT molecular complexity index is 370. The van der Waals surface area contributed by atoms with Gasteiger partial charge in [-0.2, -0.15) is 0 Å². The zero-order chi connectivity index (χ0) is 14.0. The SMILES string of the molecule is CC1(C)CC1CNC(=O)NCC1CCC(C(=O)O)O1. The molecular weight excluding hydrogens is 248 g/mol. The molecule has 2 aliphatic rings. The second-order valence-corrected chi connectivity index (χ2v) is 6.14. The summed E-state index contributed by atoms with van der Waals surface area (Å²) in [6.07, 6.45) is 1.43. The van der Waals surface area contributed by atoms with Gasteiger partial charge in [-0.15, -0.1) is 0 Å². The molecule has 0 aromatic rings. The maximum absolute atomic E-state index is 11.6. The van der Waals surface area contributed by atoms with Crippen LogP contribution in [0.2, 0.25) is 0 Å². The highest BCUT2D eigenvalue weighted by Crippen LogP contribution is 2.50. The van der Waals surface area contributed by atoms with Crippen molar-refractivity contribution in [2.75, 3.05) is 13.1 Å². The minimum absolute atomic E-state index is 0.191. The Morgan fingerprint density at radius 2 is 1.89 bits per heavy atom. The lowest BCUT2D eigenvalue weighted by Crippen LogP contribution is -2.41. The van der Waals surface area contributed by atoms with Gasteiger partial charge in [-0.1, -0.05) is 13.8 Å². The Morgan fingerprint density at radius 1 is 1.26 bits per heavy atom. The van der Waals surface area contributed by atoms with E-state index < -0.39 is 12.1 Å². The second-order valence-electron chi connectivity index (χ2n) is 6.14. The Balaban J connectivity index is 1.58. The highest BCUT2D eigenvalue weighted by Gasteiger charge is 2.45. The van der Waals surface area contributed by atoms with E-state index in [0.717, 1.165) is 6.42 Å². The van der Waals surface area contributed by atoms with Crippen LogP contribution in [0.1, 0.15) is 33.1 Å². The summed E-state index contributed by atoms with van der Waals surface area (Å²) in [4.78, 5) is 22.3. The van der Waals surface area contributed by atoms with Crippen molar-refractivity contribution in [3.8, 4) is 0 Å². The topological polar surface area (TPSA) is 87.7 Å². The third-order valence-corrected chi connectivity index (χ3v) is 4.10. The first-order valence-electron chi connectivity index (χ1n) is 6.78. The molecule has 2 amide bonds. The monoisotopic (exact) mass is 270 g/mol. The standard InChI is InChI=1S/C13H22N2O4/c1-13(2)5-8(13)6-14-12(18)15-7-9-3-4-10(19-9)11(16)17/h8-10H,3-7H2,1-2H3,(H,16,17)(H2,14,15,18). The predicted molar refractivity (Wildman–Crippen MR) is 68.8 cm³/mol. The lowest BCUT2D eigenvalue weighted by atomic mass is 10.1. The van der Waals surface area contributed by atoms with Crippen molar-refractivity contribution >= 4 is 12.0 Å². The van der Waals surface area contributed by atoms with Crippen molar-refractivity contribution in [3.05, 3.63) is 0 Å². The van der Waals surface area contributed by atoms with Crippen LogP contribution in [0.15, 0.2) is 0 Å². The fourth-order valence-corrected chi connectivity index (χ4v) is 2.45. The van der Waals surface area contributed by atoms with Gasteiger partial charge in [0.25, 0.3) is 0 Å². The van der Waals surface area contributed by atoms with Gasteiger partial charge < -0.3 is 20.5 Å². The van der Waals surface area contributed by atoms with Crippen LogP contribution in [-0.4, -0.2) is 42.4 Å². The van der Waals surface area contributed by atoms with Gasteiger partial charge in [0.05, 0.1) is 6.10 Å². The van der Waals surface area contributed by atoms with Gasteiger partial charge in [0.15, 0.2) is 6.10 Å². The van der Waals surface area contributed by atoms with E-state index in [9.17, 15) is 9.59 Å². The molecule has 0 spiro atoms. The Kier molecular flexibility index (Phi) is 3.99. The number of nitrogens with one attached hydrogen (secondary N) is 2. The van der Waals surface area contributed by atoms with Gasteiger partial charge in [-0.25, -0.2) is 9.59 Å². The fraction of sp³-hybridized carbons (Fsp3) is 0.846. The summed E-state index contributed by atoms with van der Waals surface area (Å²) < 4.78 is 5.30. The number of urea groups is 1. The van der Waals surface area contributed by atoms with E-state index in [-0.39, 0.29) is 12.1 Å². The van der Waals surface area contributed by atoms with Crippen LogP contribution in [0.5, 0.6) is 0 Å². The molecule has 3 atom stereocenters. The van der Waals surface area contributed by atoms with E-state index in [4.69, 9.17) is 9.84 Å². The van der Waals surface area contributed by atoms with Crippen LogP contribution in [0.4, 0.5) is 4.79 Å². The van der Waals surface area contributed by atoms with E-state index in [1.807, 2.05) is 0 Å². The molecule has 1 aliphatic heterocycles. The summed E-state index contributed by atoms with van der Waals surface area (Å²) in [7, 11) is 0. The molecule has 1 saturated heterocycles. The minimum atomic E-state index is -0.928. The summed E-state index contributed by atoms with van der Waals surface area (Å²) in [6, 6.07) is -0.204. The summed E-state index contributed by atoms with van der Waals surface area (Å²) in [5, 5.41) is 14.3. The molecular formula is C13H22N2O4. The van der Waals surface area contributed by atoms with E-state index in [1.54, 1.807) is 0 Å². The third kappa shape index (κ3) is 3.83. The molecule has 3 N–H and O–H groups in total. The number of hydrogen-bond acceptors (Lipinski definition) is 3. The molecule has 108 valence electrons. The second kappa shape index (κ2) is 5.36. The molecule has 3 unspecified atom stereocenters. The Morgan fingerprint density at radius 3 is 2.42 bits per heavy atom. The number of hydrogen-bond donors (Lipinski definition) is 3. The lowest BCUT2D eigenvalue weighted by Gasteiger charge is -2.13. The molecule has 6 heteroatoms. The first-order chi connectivity index (χ1) is 8.88. The number of rotatable bonds is 5. The van der Waals surface area contributed by atoms with Crippen molar-refractivity contribution in [2.45, 2.75) is 45.3 Å². The van der Waals surface area contributed by atoms with Gasteiger partial charge >= 0.3 is 12.0 Å². The van der Waals surface area contributed by atoms with E-state index in [1.165, 1.54) is 0 Å². The average molecular weight is 270 g/mol. The number of ether oxygens (including phenoxy) is 1. The van der Waals surface area contributed by atoms with Crippen molar-refractivity contribution in [2.24, 2.45) is 11.3 Å². The summed E-state index contributed by atoms with van der Waals surface area (Å²) in [5.74, 6) is -0.361. The van der Waals surface area contributed by atoms with Gasteiger partial charge in [0, 0.05) is 13.1 Å². The van der Waals surface area contributed by atoms with Crippen molar-refractivity contribution < 1.29 is 19.4 Å². The van der Waals surface area contributed by atoms with E-state index >= 15 is 0 Å². The van der Waals surface area contributed by atoms with E-state index in [2.05, 4.69) is 24.5 Å². The molecule has 6 nitrogen and oxygen atoms in total. The van der Waals surface area contributed by atoms with Crippen LogP contribution in [0.3, 0.4) is 0 Å². The van der Waals surface area contributed by atoms with Gasteiger partial charge in [0.2, 0.25) is 0 Å². The minimum Gasteiger partial charge on any atom is -0.479 e. The van der Waals surface area contributed by atoms with Crippen LogP contribution < -0.4 is 10.6 Å². The highest BCUT2D eigenvalue weighted by atomic mass is 16.5. The van der Waals surface area contributed by atoms with Crippen molar-refractivity contribution in [1.29, 1.82) is 0 Å². The maximum Gasteiger partial charge on any atom is 0.332 e. The first-order valence-corrected chi connectivity index (χ1v) is 6.78. The van der Waals surface area contributed by atoms with Crippen LogP contribution in [0.25, 0.3) is 0 Å². The highest BCUT2D eigenvalue weighted by molar-refractivity contribution is 5.74. The number of carboxylic acids is 1. The number of carbonyl (C=O) groups excluding carboxylic acids is 1. The van der Waals surface area contributed by atoms with Crippen molar-refractivity contribution in [3.63, 3.8) is 0 Å². The van der Waals surface area contributed by atoms with Gasteiger partial charge in [0.1, 0.15) is 0 Å². The lowest BCUT2D eigenvalue weighted by molar-refractivity contribution is -0.149. The summed E-state index contributed by atoms with van der Waals surface area (Å²) >= 11 is 0. The third-order valence-electron chi connectivity index (χ3n) is 4.10. The molecule has 0 aromatic heterocycles. The van der Waals surface area contributed by atoms with Crippen molar-refractivity contribution in [1.82, 2.24) is 10.6 Å². The maximum atomic E-state index is 11.6.